The maximum Gasteiger partial charge on any atom is 0.340 e. The van der Waals surface area contributed by atoms with Gasteiger partial charge in [-0.25, -0.2) is 38.4 Å². The zero-order valence-electron chi connectivity index (χ0n) is 25.0. The normalized spacial score (nSPS) is 21.8. The average molecular weight is 671 g/mol. The number of imidazole rings is 2. The number of carbonyl (C=O) groups excluding carboxylic acids is 1. The summed E-state index contributed by atoms with van der Waals surface area (Å²) in [5.74, 6) is 0.0336. The lowest BCUT2D eigenvalue weighted by Crippen LogP contribution is -2.65. The first-order chi connectivity index (χ1) is 24.2. The van der Waals surface area contributed by atoms with Gasteiger partial charge in [-0.05, 0) is 36.4 Å². The molecule has 3 N–H and O–H groups in total. The molecule has 0 spiro atoms. The van der Waals surface area contributed by atoms with E-state index in [-0.39, 0.29) is 51.3 Å². The van der Waals surface area contributed by atoms with Crippen LogP contribution in [0.4, 0.5) is 28.1 Å². The van der Waals surface area contributed by atoms with Gasteiger partial charge in [0.1, 0.15) is 0 Å². The Labute approximate surface area is 276 Å². The number of carbonyl (C=O) groups is 1. The number of hydrogen-bond acceptors (Lipinski definition) is 14. The maximum atomic E-state index is 15.1. The molecule has 7 aromatic rings. The van der Waals surface area contributed by atoms with E-state index in [4.69, 9.17) is 9.97 Å². The zero-order chi connectivity index (χ0) is 34.1. The molecule has 2 aromatic carbocycles. The van der Waals surface area contributed by atoms with Crippen molar-refractivity contribution in [2.45, 2.75) is 17.6 Å². The van der Waals surface area contributed by atoms with Crippen molar-refractivity contribution in [1.82, 2.24) is 48.7 Å². The summed E-state index contributed by atoms with van der Waals surface area (Å²) in [4.78, 5) is 77.0. The van der Waals surface area contributed by atoms with Crippen molar-refractivity contribution < 1.29 is 14.6 Å². The highest BCUT2D eigenvalue weighted by molar-refractivity contribution is 5.96. The van der Waals surface area contributed by atoms with Gasteiger partial charge in [0.05, 0.1) is 43.3 Å². The number of aromatic nitrogens is 8. The van der Waals surface area contributed by atoms with Crippen LogP contribution in [0.5, 0.6) is 0 Å². The number of benzene rings is 2. The van der Waals surface area contributed by atoms with Gasteiger partial charge in [-0.2, -0.15) is 4.98 Å². The first-order valence-electron chi connectivity index (χ1n) is 15.0. The predicted molar refractivity (Wildman–Crippen MR) is 172 cm³/mol. The Kier molecular flexibility index (Phi) is 5.08. The van der Waals surface area contributed by atoms with Gasteiger partial charge < -0.3 is 10.6 Å². The van der Waals surface area contributed by atoms with Crippen molar-refractivity contribution in [1.29, 1.82) is 0 Å². The summed E-state index contributed by atoms with van der Waals surface area (Å²) in [5, 5.41) is 33.5. The molecule has 0 aliphatic carbocycles. The van der Waals surface area contributed by atoms with Crippen LogP contribution >= 0.6 is 0 Å². The van der Waals surface area contributed by atoms with E-state index in [0.29, 0.717) is 11.2 Å². The highest BCUT2D eigenvalue weighted by Crippen LogP contribution is 2.56. The minimum absolute atomic E-state index is 0.0146. The number of nitrogens with one attached hydrogen (secondary N) is 3. The Morgan fingerprint density at radius 3 is 2.08 bits per heavy atom. The average Bonchev–Trinajstić information content (AvgIpc) is 3.83. The quantitative estimate of drug-likeness (QED) is 0.180. The second-order valence-corrected chi connectivity index (χ2v) is 11.8. The fraction of sp³-hybridized carbons (Fsp3) is 0.100. The summed E-state index contributed by atoms with van der Waals surface area (Å²) in [6.45, 7) is 0. The van der Waals surface area contributed by atoms with Gasteiger partial charge in [0, 0.05) is 36.7 Å². The zero-order valence-corrected chi connectivity index (χ0v) is 25.0. The Balaban J connectivity index is 1.33. The van der Waals surface area contributed by atoms with Gasteiger partial charge >= 0.3 is 11.7 Å². The lowest BCUT2D eigenvalue weighted by Gasteiger charge is -2.44. The van der Waals surface area contributed by atoms with Gasteiger partial charge in [-0.15, -0.1) is 0 Å². The van der Waals surface area contributed by atoms with E-state index in [9.17, 15) is 20.2 Å². The molecule has 244 valence electrons. The summed E-state index contributed by atoms with van der Waals surface area (Å²) in [7, 11) is 0. The second kappa shape index (κ2) is 9.17. The number of rotatable bonds is 4. The predicted octanol–water partition coefficient (Wildman–Crippen LogP) is 2.26. The number of anilines is 2. The third kappa shape index (κ3) is 3.19. The molecule has 3 aliphatic heterocycles. The van der Waals surface area contributed by atoms with Crippen LogP contribution in [-0.4, -0.2) is 65.5 Å². The summed E-state index contributed by atoms with van der Waals surface area (Å²) in [6.07, 6.45) is 1.99. The van der Waals surface area contributed by atoms with E-state index in [1.54, 1.807) is 42.6 Å². The van der Waals surface area contributed by atoms with Crippen molar-refractivity contribution in [3.63, 3.8) is 0 Å². The van der Waals surface area contributed by atoms with Gasteiger partial charge in [-0.3, -0.25) is 35.1 Å². The van der Waals surface area contributed by atoms with Crippen molar-refractivity contribution in [3.8, 4) is 0 Å². The molecule has 1 fully saturated rings. The Morgan fingerprint density at radius 1 is 0.760 bits per heavy atom. The van der Waals surface area contributed by atoms with E-state index in [2.05, 4.69) is 30.9 Å². The summed E-state index contributed by atoms with van der Waals surface area (Å²) < 4.78 is 3.60. The van der Waals surface area contributed by atoms with Crippen molar-refractivity contribution in [3.05, 3.63) is 127 Å². The summed E-state index contributed by atoms with van der Waals surface area (Å²) in [6, 6.07) is 17.4. The van der Waals surface area contributed by atoms with E-state index < -0.39 is 39.2 Å². The number of non-ortho nitro benzene ring substituents is 2. The molecule has 0 bridgehead atoms. The lowest BCUT2D eigenvalue weighted by molar-refractivity contribution is -0.384. The largest absolute Gasteiger partial charge is 0.340 e. The summed E-state index contributed by atoms with van der Waals surface area (Å²) in [5.41, 5.74) is -3.46. The minimum Gasteiger partial charge on any atom is -0.328 e. The molecule has 0 radical (unpaired) electrons. The fourth-order valence-corrected chi connectivity index (χ4v) is 7.39. The molecule has 50 heavy (non-hydrogen) atoms. The lowest BCUT2D eigenvalue weighted by atomic mass is 9.87. The van der Waals surface area contributed by atoms with Gasteiger partial charge in [0.2, 0.25) is 23.3 Å². The third-order valence-electron chi connectivity index (χ3n) is 9.32. The molecule has 8 heterocycles. The van der Waals surface area contributed by atoms with Crippen LogP contribution in [0, 0.1) is 20.2 Å². The highest BCUT2D eigenvalue weighted by Gasteiger charge is 2.75. The molecular formula is C30H18N14O6. The van der Waals surface area contributed by atoms with E-state index in [0.717, 1.165) is 4.40 Å². The van der Waals surface area contributed by atoms with Crippen molar-refractivity contribution in [2.75, 3.05) is 10.6 Å². The van der Waals surface area contributed by atoms with Crippen molar-refractivity contribution in [2.24, 2.45) is 0 Å². The maximum absolute atomic E-state index is 15.1. The summed E-state index contributed by atoms with van der Waals surface area (Å²) >= 11 is 0. The van der Waals surface area contributed by atoms with E-state index >= 15 is 9.59 Å². The molecule has 20 nitrogen and oxygen atoms in total. The van der Waals surface area contributed by atoms with Crippen LogP contribution < -0.4 is 21.6 Å². The molecule has 3 atom stereocenters. The van der Waals surface area contributed by atoms with Crippen LogP contribution in [0.3, 0.4) is 0 Å². The fourth-order valence-electron chi connectivity index (χ4n) is 7.39. The molecule has 1 amide bonds. The van der Waals surface area contributed by atoms with Gasteiger partial charge in [0.15, 0.2) is 12.0 Å². The van der Waals surface area contributed by atoms with Crippen LogP contribution in [-0.2, 0) is 11.3 Å². The molecular weight excluding hydrogens is 652 g/mol. The number of amides is 1. The highest BCUT2D eigenvalue weighted by atomic mass is 16.6. The number of fused-ring (bicyclic) bond motifs is 11. The molecule has 3 aliphatic rings. The van der Waals surface area contributed by atoms with Crippen LogP contribution in [0.2, 0.25) is 0 Å². The molecule has 20 heteroatoms. The second-order valence-electron chi connectivity index (χ2n) is 11.8. The minimum atomic E-state index is -1.95. The molecule has 1 unspecified atom stereocenters. The number of nitro groups is 2. The number of pyridine rings is 2. The standard InChI is InChI=1S/C30H18N14O6/c45-27-39-19-13-15(43(47)48)7-9-17(19)33-23(39)35-25-37-29(21-5-1-3-11-31-21)30(41(25)27,22-6-2-4-12-32-22)42-26(38-29)36-24-34-18-10-8-16(44(49)50)14-20(18)40(24)28(42)46/h1-14,25,37H,(H,33,35)(H,34,36,38)/t25?,29-,30+/m1/s1. The topological polar surface area (TPSA) is 238 Å². The van der Waals surface area contributed by atoms with Crippen LogP contribution in [0.25, 0.3) is 27.8 Å². The van der Waals surface area contributed by atoms with Crippen LogP contribution in [0.1, 0.15) is 11.4 Å². The van der Waals surface area contributed by atoms with Gasteiger partial charge in [-0.1, -0.05) is 12.1 Å². The number of hydrogen-bond donors (Lipinski definition) is 3. The monoisotopic (exact) mass is 670 g/mol. The third-order valence-corrected chi connectivity index (χ3v) is 9.32. The number of nitro benzene ring substituents is 2. The Bertz CT molecular complexity index is 2730. The van der Waals surface area contributed by atoms with Crippen LogP contribution in [0.15, 0.2) is 90.0 Å². The molecule has 1 saturated heterocycles. The van der Waals surface area contributed by atoms with E-state index in [1.165, 1.54) is 56.6 Å². The van der Waals surface area contributed by atoms with Crippen molar-refractivity contribution >= 4 is 57.1 Å². The first kappa shape index (κ1) is 27.7. The first-order valence-corrected chi connectivity index (χ1v) is 15.0. The van der Waals surface area contributed by atoms with Gasteiger partial charge in [0.25, 0.3) is 11.4 Å². The molecule has 0 saturated carbocycles. The smallest absolute Gasteiger partial charge is 0.328 e. The Morgan fingerprint density at radius 2 is 1.42 bits per heavy atom. The molecule has 10 rings (SSSR count). The SMILES string of the molecule is O=C1N2C(Nc3nc4ccc([N+](=O)[O-])cc4n31)N[C@]1(c3ccccn3)Nc3nc4nc5ccc([N+](=O)[O-])cc5n4c(=O)n3[C@]21c1ccccn1. The van der Waals surface area contributed by atoms with E-state index in [1.807, 2.05) is 0 Å². The Hall–Kier alpha value is -7.35. The molecule has 5 aromatic heterocycles. The number of nitrogens with zero attached hydrogens (tertiary/aromatic N) is 11.